The summed E-state index contributed by atoms with van der Waals surface area (Å²) in [6, 6.07) is 0.416. The van der Waals surface area contributed by atoms with Crippen LogP contribution in [0.15, 0.2) is 0 Å². The highest BCUT2D eigenvalue weighted by Gasteiger charge is 2.17. The summed E-state index contributed by atoms with van der Waals surface area (Å²) in [7, 11) is 1.75. The Labute approximate surface area is 75.6 Å². The van der Waals surface area contributed by atoms with Crippen LogP contribution in [-0.2, 0) is 4.74 Å². The van der Waals surface area contributed by atoms with Crippen molar-refractivity contribution in [3.63, 3.8) is 0 Å². The molecular formula is C9H22N2O. The van der Waals surface area contributed by atoms with Crippen LogP contribution in [0.2, 0.25) is 0 Å². The predicted octanol–water partition coefficient (Wildman–Crippen LogP) is 1.43. The standard InChI is InChI=1S/C9H22N2O/c1-5-8(11-10)6-7-9(2,3)12-4/h8,11H,5-7,10H2,1-4H3. The van der Waals surface area contributed by atoms with E-state index < -0.39 is 0 Å². The summed E-state index contributed by atoms with van der Waals surface area (Å²) in [5, 5.41) is 0. The third-order valence-electron chi connectivity index (χ3n) is 2.38. The van der Waals surface area contributed by atoms with E-state index in [1.54, 1.807) is 7.11 Å². The summed E-state index contributed by atoms with van der Waals surface area (Å²) >= 11 is 0. The lowest BCUT2D eigenvalue weighted by Gasteiger charge is -2.25. The first kappa shape index (κ1) is 11.9. The molecule has 3 heteroatoms. The molecule has 0 bridgehead atoms. The first-order valence-corrected chi connectivity index (χ1v) is 4.57. The number of hydrazine groups is 1. The monoisotopic (exact) mass is 174 g/mol. The Morgan fingerprint density at radius 3 is 2.42 bits per heavy atom. The maximum atomic E-state index is 5.36. The number of hydrogen-bond donors (Lipinski definition) is 2. The van der Waals surface area contributed by atoms with Crippen molar-refractivity contribution in [2.45, 2.75) is 51.7 Å². The quantitative estimate of drug-likeness (QED) is 0.473. The first-order valence-electron chi connectivity index (χ1n) is 4.57. The maximum Gasteiger partial charge on any atom is 0.0623 e. The van der Waals surface area contributed by atoms with Crippen LogP contribution in [0, 0.1) is 0 Å². The summed E-state index contributed by atoms with van der Waals surface area (Å²) < 4.78 is 5.31. The molecule has 74 valence electrons. The largest absolute Gasteiger partial charge is 0.379 e. The smallest absolute Gasteiger partial charge is 0.0623 e. The van der Waals surface area contributed by atoms with E-state index in [9.17, 15) is 0 Å². The Kier molecular flexibility index (Phi) is 5.46. The molecule has 0 aromatic rings. The second-order valence-electron chi connectivity index (χ2n) is 3.77. The van der Waals surface area contributed by atoms with Crippen LogP contribution in [0.3, 0.4) is 0 Å². The molecule has 0 aliphatic rings. The first-order chi connectivity index (χ1) is 5.55. The molecule has 0 saturated carbocycles. The van der Waals surface area contributed by atoms with Gasteiger partial charge in [-0.15, -0.1) is 0 Å². The fraction of sp³-hybridized carbons (Fsp3) is 1.00. The van der Waals surface area contributed by atoms with Crippen LogP contribution in [0.25, 0.3) is 0 Å². The number of nitrogens with two attached hydrogens (primary N) is 1. The van der Waals surface area contributed by atoms with Gasteiger partial charge in [0.1, 0.15) is 0 Å². The second kappa shape index (κ2) is 5.51. The zero-order valence-corrected chi connectivity index (χ0v) is 8.68. The number of methoxy groups -OCH3 is 1. The van der Waals surface area contributed by atoms with Crippen molar-refractivity contribution in [2.24, 2.45) is 5.84 Å². The van der Waals surface area contributed by atoms with Gasteiger partial charge >= 0.3 is 0 Å². The molecule has 0 aromatic heterocycles. The van der Waals surface area contributed by atoms with E-state index in [1.165, 1.54) is 0 Å². The minimum absolute atomic E-state index is 0.0235. The van der Waals surface area contributed by atoms with E-state index in [1.807, 2.05) is 0 Å². The molecule has 1 atom stereocenters. The average molecular weight is 174 g/mol. The van der Waals surface area contributed by atoms with E-state index in [0.29, 0.717) is 6.04 Å². The zero-order chi connectivity index (χ0) is 9.61. The molecule has 12 heavy (non-hydrogen) atoms. The summed E-state index contributed by atoms with van der Waals surface area (Å²) in [5.74, 6) is 5.36. The molecule has 0 saturated heterocycles. The van der Waals surface area contributed by atoms with Gasteiger partial charge in [-0.3, -0.25) is 11.3 Å². The predicted molar refractivity (Wildman–Crippen MR) is 51.7 cm³/mol. The second-order valence-corrected chi connectivity index (χ2v) is 3.77. The van der Waals surface area contributed by atoms with Crippen LogP contribution in [0.5, 0.6) is 0 Å². The number of rotatable bonds is 6. The maximum absolute atomic E-state index is 5.36. The topological polar surface area (TPSA) is 47.3 Å². The summed E-state index contributed by atoms with van der Waals surface area (Å²) in [6.45, 7) is 6.32. The molecule has 0 aromatic carbocycles. The molecule has 1 unspecified atom stereocenters. The third-order valence-corrected chi connectivity index (χ3v) is 2.38. The lowest BCUT2D eigenvalue weighted by molar-refractivity contribution is 0.0116. The van der Waals surface area contributed by atoms with E-state index in [4.69, 9.17) is 10.6 Å². The lowest BCUT2D eigenvalue weighted by atomic mass is 9.98. The van der Waals surface area contributed by atoms with Crippen molar-refractivity contribution in [3.8, 4) is 0 Å². The number of hydrogen-bond acceptors (Lipinski definition) is 3. The van der Waals surface area contributed by atoms with Crippen molar-refractivity contribution in [2.75, 3.05) is 7.11 Å². The SMILES string of the molecule is CCC(CCC(C)(C)OC)NN. The zero-order valence-electron chi connectivity index (χ0n) is 8.68. The summed E-state index contributed by atoms with van der Waals surface area (Å²) in [6.07, 6.45) is 3.16. The molecule has 3 N–H and O–H groups in total. The van der Waals surface area contributed by atoms with E-state index >= 15 is 0 Å². The van der Waals surface area contributed by atoms with E-state index in [0.717, 1.165) is 19.3 Å². The van der Waals surface area contributed by atoms with E-state index in [-0.39, 0.29) is 5.60 Å². The van der Waals surface area contributed by atoms with Crippen LogP contribution in [0.4, 0.5) is 0 Å². The molecular weight excluding hydrogens is 152 g/mol. The van der Waals surface area contributed by atoms with Crippen molar-refractivity contribution in [1.29, 1.82) is 0 Å². The summed E-state index contributed by atoms with van der Waals surface area (Å²) in [5.41, 5.74) is 2.77. The molecule has 0 aliphatic heterocycles. The van der Waals surface area contributed by atoms with Gasteiger partial charge in [-0.2, -0.15) is 0 Å². The van der Waals surface area contributed by atoms with Crippen LogP contribution in [0.1, 0.15) is 40.0 Å². The average Bonchev–Trinajstić information content (AvgIpc) is 2.06. The van der Waals surface area contributed by atoms with Gasteiger partial charge in [-0.05, 0) is 33.1 Å². The van der Waals surface area contributed by atoms with Crippen molar-refractivity contribution < 1.29 is 4.74 Å². The molecule has 0 heterocycles. The Morgan fingerprint density at radius 1 is 1.50 bits per heavy atom. The van der Waals surface area contributed by atoms with Gasteiger partial charge in [-0.25, -0.2) is 0 Å². The van der Waals surface area contributed by atoms with Crippen LogP contribution < -0.4 is 11.3 Å². The molecule has 0 spiro atoms. The normalized spacial score (nSPS) is 14.8. The summed E-state index contributed by atoms with van der Waals surface area (Å²) in [4.78, 5) is 0. The Balaban J connectivity index is 3.65. The van der Waals surface area contributed by atoms with Crippen LogP contribution >= 0.6 is 0 Å². The van der Waals surface area contributed by atoms with Gasteiger partial charge in [0.05, 0.1) is 5.60 Å². The number of nitrogens with one attached hydrogen (secondary N) is 1. The van der Waals surface area contributed by atoms with Crippen LogP contribution in [-0.4, -0.2) is 18.8 Å². The van der Waals surface area contributed by atoms with Gasteiger partial charge in [0.15, 0.2) is 0 Å². The minimum atomic E-state index is -0.0235. The van der Waals surface area contributed by atoms with Crippen molar-refractivity contribution >= 4 is 0 Å². The van der Waals surface area contributed by atoms with Crippen molar-refractivity contribution in [1.82, 2.24) is 5.43 Å². The Morgan fingerprint density at radius 2 is 2.08 bits per heavy atom. The van der Waals surface area contributed by atoms with Gasteiger partial charge in [0.25, 0.3) is 0 Å². The van der Waals surface area contributed by atoms with Gasteiger partial charge in [-0.1, -0.05) is 6.92 Å². The lowest BCUT2D eigenvalue weighted by Crippen LogP contribution is -2.36. The van der Waals surface area contributed by atoms with E-state index in [2.05, 4.69) is 26.2 Å². The number of ether oxygens (including phenoxy) is 1. The fourth-order valence-electron chi connectivity index (χ4n) is 1.03. The Bertz CT molecular complexity index is 111. The molecule has 0 rings (SSSR count). The molecule has 0 aliphatic carbocycles. The minimum Gasteiger partial charge on any atom is -0.379 e. The third kappa shape index (κ3) is 4.70. The van der Waals surface area contributed by atoms with Gasteiger partial charge in [0, 0.05) is 13.2 Å². The van der Waals surface area contributed by atoms with Gasteiger partial charge < -0.3 is 4.74 Å². The van der Waals surface area contributed by atoms with Gasteiger partial charge in [0.2, 0.25) is 0 Å². The van der Waals surface area contributed by atoms with Crippen molar-refractivity contribution in [3.05, 3.63) is 0 Å². The Hall–Kier alpha value is -0.120. The molecule has 3 nitrogen and oxygen atoms in total. The highest BCUT2D eigenvalue weighted by Crippen LogP contribution is 2.17. The molecule has 0 radical (unpaired) electrons. The highest BCUT2D eigenvalue weighted by molar-refractivity contribution is 4.72. The molecule has 0 amide bonds. The molecule has 0 fully saturated rings. The fourth-order valence-corrected chi connectivity index (χ4v) is 1.03. The highest BCUT2D eigenvalue weighted by atomic mass is 16.5.